The van der Waals surface area contributed by atoms with Crippen LogP contribution >= 0.6 is 0 Å². The Morgan fingerprint density at radius 2 is 1.78 bits per heavy atom. The second-order valence-corrected chi connectivity index (χ2v) is 9.71. The van der Waals surface area contributed by atoms with Gasteiger partial charge in [0.2, 0.25) is 0 Å². The zero-order valence-corrected chi connectivity index (χ0v) is 23.0. The van der Waals surface area contributed by atoms with Gasteiger partial charge in [-0.2, -0.15) is 10.2 Å². The zero-order valence-electron chi connectivity index (χ0n) is 23.0. The van der Waals surface area contributed by atoms with Crippen molar-refractivity contribution in [1.82, 2.24) is 39.2 Å². The Hall–Kier alpha value is -5.56. The van der Waals surface area contributed by atoms with Crippen molar-refractivity contribution in [1.29, 1.82) is 0 Å². The van der Waals surface area contributed by atoms with Crippen LogP contribution in [-0.4, -0.2) is 39.8 Å². The number of aromatic nitrogens is 7. The van der Waals surface area contributed by atoms with E-state index in [-0.39, 0.29) is 11.5 Å². The van der Waals surface area contributed by atoms with E-state index in [2.05, 4.69) is 32.3 Å². The molecule has 6 aromatic rings. The first kappa shape index (κ1) is 25.7. The minimum atomic E-state index is -0.634. The van der Waals surface area contributed by atoms with E-state index < -0.39 is 6.04 Å². The van der Waals surface area contributed by atoms with E-state index in [0.717, 1.165) is 11.3 Å². The van der Waals surface area contributed by atoms with Gasteiger partial charge in [-0.05, 0) is 51.1 Å². The maximum absolute atomic E-state index is 14.2. The number of carbonyl (C=O) groups excluding carboxylic acids is 1. The molecule has 2 aromatic carbocycles. The highest BCUT2D eigenvalue weighted by atomic mass is 16.2. The molecule has 4 aromatic heterocycles. The van der Waals surface area contributed by atoms with Crippen LogP contribution in [0.2, 0.25) is 0 Å². The Bertz CT molecular complexity index is 2080. The third-order valence-corrected chi connectivity index (χ3v) is 7.04. The Morgan fingerprint density at radius 3 is 2.54 bits per heavy atom. The number of carbonyl (C=O) groups is 1. The summed E-state index contributed by atoms with van der Waals surface area (Å²) in [4.78, 5) is 36.9. The summed E-state index contributed by atoms with van der Waals surface area (Å²) in [6.45, 7) is 5.50. The molecule has 0 saturated heterocycles. The molecule has 0 fully saturated rings. The van der Waals surface area contributed by atoms with Gasteiger partial charge in [-0.3, -0.25) is 18.8 Å². The molecule has 1 amide bonds. The van der Waals surface area contributed by atoms with E-state index in [0.29, 0.717) is 44.9 Å². The van der Waals surface area contributed by atoms with Crippen molar-refractivity contribution in [3.63, 3.8) is 0 Å². The van der Waals surface area contributed by atoms with E-state index in [1.54, 1.807) is 53.8 Å². The second-order valence-electron chi connectivity index (χ2n) is 9.71. The Labute approximate surface area is 235 Å². The van der Waals surface area contributed by atoms with E-state index in [4.69, 9.17) is 4.98 Å². The normalized spacial score (nSPS) is 11.8. The first-order valence-corrected chi connectivity index (χ1v) is 13.1. The standard InChI is InChI=1S/C31H26N8O2/c1-19-26(29-32-16-9-17-38(29)36-19)30(40)34-20(2)28-35-25-13-8-10-22(14-15-23-18-33-37(4)21(23)3)27(25)31(41)39(28)24-11-6-5-7-12-24/h5-13,16-18,20H,1-4H3,(H,34,40)/t20-/m1/s1. The summed E-state index contributed by atoms with van der Waals surface area (Å²) in [5.74, 6) is 6.33. The van der Waals surface area contributed by atoms with Crippen LogP contribution < -0.4 is 10.9 Å². The predicted octanol–water partition coefficient (Wildman–Crippen LogP) is 3.67. The number of nitrogens with one attached hydrogen (secondary N) is 1. The van der Waals surface area contributed by atoms with E-state index in [9.17, 15) is 9.59 Å². The van der Waals surface area contributed by atoms with Gasteiger partial charge in [0.25, 0.3) is 11.5 Å². The Balaban J connectivity index is 1.48. The van der Waals surface area contributed by atoms with Crippen LogP contribution in [-0.2, 0) is 7.05 Å². The highest BCUT2D eigenvalue weighted by Gasteiger charge is 2.24. The summed E-state index contributed by atoms with van der Waals surface area (Å²) in [7, 11) is 1.86. The highest BCUT2D eigenvalue weighted by molar-refractivity contribution is 6.01. The molecule has 1 atom stereocenters. The third kappa shape index (κ3) is 4.53. The summed E-state index contributed by atoms with van der Waals surface area (Å²) < 4.78 is 4.86. The van der Waals surface area contributed by atoms with Crippen LogP contribution in [0.4, 0.5) is 0 Å². The quantitative estimate of drug-likeness (QED) is 0.340. The number of para-hydroxylation sites is 1. The lowest BCUT2D eigenvalue weighted by molar-refractivity contribution is 0.0938. The van der Waals surface area contributed by atoms with Gasteiger partial charge in [0.05, 0.1) is 45.8 Å². The molecule has 0 aliphatic carbocycles. The van der Waals surface area contributed by atoms with Gasteiger partial charge in [-0.15, -0.1) is 0 Å². The largest absolute Gasteiger partial charge is 0.342 e. The maximum atomic E-state index is 14.2. The van der Waals surface area contributed by atoms with Gasteiger partial charge < -0.3 is 5.32 Å². The minimum absolute atomic E-state index is 0.279. The molecular weight excluding hydrogens is 516 g/mol. The predicted molar refractivity (Wildman–Crippen MR) is 155 cm³/mol. The van der Waals surface area contributed by atoms with Crippen molar-refractivity contribution in [3.8, 4) is 17.5 Å². The van der Waals surface area contributed by atoms with Crippen molar-refractivity contribution in [2.45, 2.75) is 26.8 Å². The number of benzene rings is 2. The summed E-state index contributed by atoms with van der Waals surface area (Å²) in [5.41, 5.74) is 4.48. The van der Waals surface area contributed by atoms with Crippen LogP contribution in [0.3, 0.4) is 0 Å². The molecule has 0 aliphatic rings. The van der Waals surface area contributed by atoms with Crippen LogP contribution in [0.15, 0.2) is 78.0 Å². The molecular formula is C31H26N8O2. The lowest BCUT2D eigenvalue weighted by atomic mass is 10.1. The van der Waals surface area contributed by atoms with Crippen LogP contribution in [0.5, 0.6) is 0 Å². The van der Waals surface area contributed by atoms with Crippen LogP contribution in [0.25, 0.3) is 22.2 Å². The van der Waals surface area contributed by atoms with Gasteiger partial charge in [0.1, 0.15) is 11.4 Å². The highest BCUT2D eigenvalue weighted by Crippen LogP contribution is 2.21. The third-order valence-electron chi connectivity index (χ3n) is 7.04. The van der Waals surface area contributed by atoms with Crippen molar-refractivity contribution in [3.05, 3.63) is 117 Å². The van der Waals surface area contributed by atoms with Crippen molar-refractivity contribution in [2.24, 2.45) is 7.05 Å². The smallest absolute Gasteiger partial charge is 0.267 e. The molecule has 0 unspecified atom stereocenters. The van der Waals surface area contributed by atoms with Crippen LogP contribution in [0.1, 0.15) is 51.7 Å². The van der Waals surface area contributed by atoms with E-state index in [1.165, 1.54) is 4.57 Å². The number of hydrogen-bond acceptors (Lipinski definition) is 6. The first-order chi connectivity index (χ1) is 19.8. The van der Waals surface area contributed by atoms with Crippen molar-refractivity contribution in [2.75, 3.05) is 0 Å². The number of hydrogen-bond donors (Lipinski definition) is 1. The minimum Gasteiger partial charge on any atom is -0.342 e. The molecule has 6 rings (SSSR count). The summed E-state index contributed by atoms with van der Waals surface area (Å²) >= 11 is 0. The van der Waals surface area contributed by atoms with Crippen molar-refractivity contribution < 1.29 is 4.79 Å². The van der Waals surface area contributed by atoms with Crippen LogP contribution in [0, 0.1) is 25.7 Å². The lowest BCUT2D eigenvalue weighted by Crippen LogP contribution is -2.33. The number of nitrogens with zero attached hydrogens (tertiary/aromatic N) is 7. The first-order valence-electron chi connectivity index (χ1n) is 13.1. The van der Waals surface area contributed by atoms with Gasteiger partial charge in [0, 0.05) is 25.0 Å². The monoisotopic (exact) mass is 542 g/mol. The number of fused-ring (bicyclic) bond motifs is 2. The molecule has 10 nitrogen and oxygen atoms in total. The molecule has 0 bridgehead atoms. The maximum Gasteiger partial charge on any atom is 0.267 e. The molecule has 0 aliphatic heterocycles. The fraction of sp³-hybridized carbons (Fsp3) is 0.161. The number of rotatable bonds is 4. The molecule has 10 heteroatoms. The average Bonchev–Trinajstić information content (AvgIpc) is 3.49. The fourth-order valence-electron chi connectivity index (χ4n) is 4.82. The molecule has 0 spiro atoms. The van der Waals surface area contributed by atoms with Gasteiger partial charge in [-0.25, -0.2) is 14.5 Å². The number of aryl methyl sites for hydroxylation is 2. The molecule has 0 saturated carbocycles. The molecule has 1 N–H and O–H groups in total. The summed E-state index contributed by atoms with van der Waals surface area (Å²) in [5, 5.41) is 12.1. The lowest BCUT2D eigenvalue weighted by Gasteiger charge is -2.20. The molecule has 0 radical (unpaired) electrons. The fourth-order valence-corrected chi connectivity index (χ4v) is 4.82. The Kier molecular flexibility index (Phi) is 6.40. The van der Waals surface area contributed by atoms with Gasteiger partial charge in [0.15, 0.2) is 5.65 Å². The molecule has 41 heavy (non-hydrogen) atoms. The summed E-state index contributed by atoms with van der Waals surface area (Å²) in [6, 6.07) is 15.8. The SMILES string of the molecule is Cc1nn2cccnc2c1C(=O)N[C@H](C)c1nc2cccc(C#Cc3cnn(C)c3C)c2c(=O)n1-c1ccccc1. The van der Waals surface area contributed by atoms with E-state index in [1.807, 2.05) is 56.4 Å². The van der Waals surface area contributed by atoms with E-state index >= 15 is 0 Å². The molecule has 4 heterocycles. The van der Waals surface area contributed by atoms with Gasteiger partial charge >= 0.3 is 0 Å². The second kappa shape index (κ2) is 10.2. The number of amides is 1. The van der Waals surface area contributed by atoms with Crippen molar-refractivity contribution >= 4 is 22.5 Å². The average molecular weight is 543 g/mol. The van der Waals surface area contributed by atoms with Gasteiger partial charge in [-0.1, -0.05) is 36.1 Å². The molecule has 202 valence electrons. The Morgan fingerprint density at radius 1 is 1.00 bits per heavy atom. The summed E-state index contributed by atoms with van der Waals surface area (Å²) in [6.07, 6.45) is 5.06. The topological polar surface area (TPSA) is 112 Å². The zero-order chi connectivity index (χ0) is 28.7.